The molecule has 3 aromatic rings. The lowest BCUT2D eigenvalue weighted by Gasteiger charge is -2.32. The van der Waals surface area contributed by atoms with Gasteiger partial charge in [-0.3, -0.25) is 0 Å². The van der Waals surface area contributed by atoms with E-state index in [-0.39, 0.29) is 18.0 Å². The second kappa shape index (κ2) is 6.29. The number of nitrogens with two attached hydrogens (primary N) is 1. The Labute approximate surface area is 150 Å². The minimum atomic E-state index is -0.0163. The summed E-state index contributed by atoms with van der Waals surface area (Å²) in [5.74, 6) is 1.69. The molecule has 0 saturated carbocycles. The number of anilines is 2. The number of fused-ring (bicyclic) bond motifs is 1. The summed E-state index contributed by atoms with van der Waals surface area (Å²) in [5, 5.41) is 8.49. The lowest BCUT2D eigenvalue weighted by atomic mass is 9.93. The minimum Gasteiger partial charge on any atom is -0.497 e. The van der Waals surface area contributed by atoms with Crippen molar-refractivity contribution in [3.63, 3.8) is 0 Å². The number of halogens is 1. The normalized spacial score (nSPS) is 19.1. The number of nitrogens with zero attached hydrogens (tertiary/aromatic N) is 3. The Hall–Kier alpha value is -2.73. The first-order valence-corrected chi connectivity index (χ1v) is 8.40. The first kappa shape index (κ1) is 15.8. The topological polar surface area (TPSA) is 78.0 Å². The highest BCUT2D eigenvalue weighted by atomic mass is 35.5. The zero-order valence-corrected chi connectivity index (χ0v) is 14.4. The van der Waals surface area contributed by atoms with E-state index in [0.29, 0.717) is 5.95 Å². The molecule has 3 N–H and O–H groups in total. The standard InChI is InChI=1S/C18H18ClN5O/c1-25-12-6-4-5-11(9-12)16-10-15(13-7-2-3-8-14(13)19)21-18-22-17(20)23-24(16)18/h2-9,15-16H,10H2,1H3,(H3,20,21,22,23)/t15-,16-/m1/s1. The summed E-state index contributed by atoms with van der Waals surface area (Å²) in [6, 6.07) is 15.8. The number of methoxy groups -OCH3 is 1. The summed E-state index contributed by atoms with van der Waals surface area (Å²) < 4.78 is 7.19. The summed E-state index contributed by atoms with van der Waals surface area (Å²) in [7, 11) is 1.66. The molecule has 0 bridgehead atoms. The predicted octanol–water partition coefficient (Wildman–Crippen LogP) is 3.67. The maximum Gasteiger partial charge on any atom is 0.241 e. The number of hydrogen-bond donors (Lipinski definition) is 2. The summed E-state index contributed by atoms with van der Waals surface area (Å²) in [6.07, 6.45) is 0.771. The number of ether oxygens (including phenoxy) is 1. The lowest BCUT2D eigenvalue weighted by molar-refractivity contribution is 0.407. The fraction of sp³-hybridized carbons (Fsp3) is 0.222. The molecule has 0 amide bonds. The SMILES string of the molecule is COc1cccc([C@H]2C[C@H](c3ccccc3Cl)Nc3nc(N)nn32)c1. The van der Waals surface area contributed by atoms with Crippen molar-refractivity contribution in [1.29, 1.82) is 0 Å². The van der Waals surface area contributed by atoms with Crippen LogP contribution in [0.1, 0.15) is 29.6 Å². The number of nitrogens with one attached hydrogen (secondary N) is 1. The van der Waals surface area contributed by atoms with Gasteiger partial charge in [-0.15, -0.1) is 5.10 Å². The van der Waals surface area contributed by atoms with Crippen LogP contribution in [-0.2, 0) is 0 Å². The number of aromatic nitrogens is 3. The van der Waals surface area contributed by atoms with Gasteiger partial charge >= 0.3 is 0 Å². The molecule has 0 radical (unpaired) electrons. The van der Waals surface area contributed by atoms with E-state index in [4.69, 9.17) is 22.1 Å². The van der Waals surface area contributed by atoms with Crippen LogP contribution in [0, 0.1) is 0 Å². The smallest absolute Gasteiger partial charge is 0.241 e. The fourth-order valence-corrected chi connectivity index (χ4v) is 3.55. The number of nitrogen functional groups attached to an aromatic ring is 1. The average molecular weight is 356 g/mol. The number of hydrogen-bond acceptors (Lipinski definition) is 5. The Bertz CT molecular complexity index is 910. The molecule has 4 rings (SSSR count). The quantitative estimate of drug-likeness (QED) is 0.749. The van der Waals surface area contributed by atoms with Crippen LogP contribution in [0.5, 0.6) is 5.75 Å². The van der Waals surface area contributed by atoms with Gasteiger partial charge in [-0.1, -0.05) is 41.9 Å². The van der Waals surface area contributed by atoms with Crippen LogP contribution in [0.2, 0.25) is 5.02 Å². The van der Waals surface area contributed by atoms with Crippen LogP contribution in [0.3, 0.4) is 0 Å². The predicted molar refractivity (Wildman–Crippen MR) is 98.0 cm³/mol. The Morgan fingerprint density at radius 3 is 2.88 bits per heavy atom. The van der Waals surface area contributed by atoms with Crippen LogP contribution in [0.15, 0.2) is 48.5 Å². The Morgan fingerprint density at radius 1 is 1.24 bits per heavy atom. The molecule has 0 unspecified atom stereocenters. The van der Waals surface area contributed by atoms with Gasteiger partial charge in [0.1, 0.15) is 5.75 Å². The molecule has 1 aromatic heterocycles. The van der Waals surface area contributed by atoms with Crippen LogP contribution < -0.4 is 15.8 Å². The van der Waals surface area contributed by atoms with Crippen molar-refractivity contribution in [2.45, 2.75) is 18.5 Å². The van der Waals surface area contributed by atoms with Crippen molar-refractivity contribution in [3.05, 3.63) is 64.7 Å². The molecule has 2 aromatic carbocycles. The van der Waals surface area contributed by atoms with Gasteiger partial charge < -0.3 is 15.8 Å². The molecule has 2 atom stereocenters. The van der Waals surface area contributed by atoms with Gasteiger partial charge in [0.15, 0.2) is 0 Å². The Balaban J connectivity index is 1.78. The average Bonchev–Trinajstić information content (AvgIpc) is 3.01. The van der Waals surface area contributed by atoms with E-state index in [1.54, 1.807) is 7.11 Å². The van der Waals surface area contributed by atoms with Crippen LogP contribution in [0.4, 0.5) is 11.9 Å². The van der Waals surface area contributed by atoms with Gasteiger partial charge in [0.2, 0.25) is 11.9 Å². The zero-order chi connectivity index (χ0) is 17.4. The first-order valence-electron chi connectivity index (χ1n) is 8.02. The van der Waals surface area contributed by atoms with E-state index in [2.05, 4.69) is 21.5 Å². The second-order valence-electron chi connectivity index (χ2n) is 5.98. The zero-order valence-electron chi connectivity index (χ0n) is 13.7. The van der Waals surface area contributed by atoms with E-state index >= 15 is 0 Å². The fourth-order valence-electron chi connectivity index (χ4n) is 3.28. The number of benzene rings is 2. The molecule has 0 aliphatic carbocycles. The van der Waals surface area contributed by atoms with Gasteiger partial charge in [-0.05, 0) is 35.7 Å². The molecule has 1 aliphatic heterocycles. The molecule has 0 spiro atoms. The number of rotatable bonds is 3. The van der Waals surface area contributed by atoms with E-state index in [9.17, 15) is 0 Å². The first-order chi connectivity index (χ1) is 12.2. The summed E-state index contributed by atoms with van der Waals surface area (Å²) in [4.78, 5) is 4.32. The highest BCUT2D eigenvalue weighted by Gasteiger charge is 2.31. The third kappa shape index (κ3) is 2.89. The van der Waals surface area contributed by atoms with Crippen molar-refractivity contribution in [2.24, 2.45) is 0 Å². The third-order valence-corrected chi connectivity index (χ3v) is 4.81. The maximum absolute atomic E-state index is 6.40. The van der Waals surface area contributed by atoms with Gasteiger partial charge in [-0.25, -0.2) is 4.68 Å². The lowest BCUT2D eigenvalue weighted by Crippen LogP contribution is -2.28. The van der Waals surface area contributed by atoms with Gasteiger partial charge in [0, 0.05) is 5.02 Å². The van der Waals surface area contributed by atoms with Gasteiger partial charge in [0.05, 0.1) is 19.2 Å². The van der Waals surface area contributed by atoms with Crippen LogP contribution >= 0.6 is 11.6 Å². The molecule has 0 saturated heterocycles. The Kier molecular flexibility index (Phi) is 3.97. The highest BCUT2D eigenvalue weighted by Crippen LogP contribution is 2.40. The van der Waals surface area contributed by atoms with E-state index in [1.165, 1.54) is 0 Å². The van der Waals surface area contributed by atoms with E-state index in [0.717, 1.165) is 28.3 Å². The molecular formula is C18H18ClN5O. The molecule has 25 heavy (non-hydrogen) atoms. The molecule has 0 fully saturated rings. The Morgan fingerprint density at radius 2 is 2.08 bits per heavy atom. The molecule has 1 aliphatic rings. The van der Waals surface area contributed by atoms with Gasteiger partial charge in [-0.2, -0.15) is 4.98 Å². The summed E-state index contributed by atoms with van der Waals surface area (Å²) in [6.45, 7) is 0. The summed E-state index contributed by atoms with van der Waals surface area (Å²) in [5.41, 5.74) is 7.95. The van der Waals surface area contributed by atoms with E-state index < -0.39 is 0 Å². The largest absolute Gasteiger partial charge is 0.497 e. The van der Waals surface area contributed by atoms with Crippen molar-refractivity contribution >= 4 is 23.5 Å². The van der Waals surface area contributed by atoms with Crippen LogP contribution in [-0.4, -0.2) is 21.9 Å². The molecule has 7 heteroatoms. The monoisotopic (exact) mass is 355 g/mol. The third-order valence-electron chi connectivity index (χ3n) is 4.46. The van der Waals surface area contributed by atoms with Crippen molar-refractivity contribution < 1.29 is 4.74 Å². The minimum absolute atomic E-state index is 0.0148. The van der Waals surface area contributed by atoms with Crippen LogP contribution in [0.25, 0.3) is 0 Å². The molecular weight excluding hydrogens is 338 g/mol. The van der Waals surface area contributed by atoms with Crippen molar-refractivity contribution in [3.8, 4) is 5.75 Å². The second-order valence-corrected chi connectivity index (χ2v) is 6.39. The maximum atomic E-state index is 6.40. The highest BCUT2D eigenvalue weighted by molar-refractivity contribution is 6.31. The van der Waals surface area contributed by atoms with Crippen molar-refractivity contribution in [2.75, 3.05) is 18.2 Å². The molecule has 2 heterocycles. The van der Waals surface area contributed by atoms with Crippen molar-refractivity contribution in [1.82, 2.24) is 14.8 Å². The van der Waals surface area contributed by atoms with E-state index in [1.807, 2.05) is 47.1 Å². The summed E-state index contributed by atoms with van der Waals surface area (Å²) >= 11 is 6.40. The van der Waals surface area contributed by atoms with Gasteiger partial charge in [0.25, 0.3) is 0 Å². The molecule has 6 nitrogen and oxygen atoms in total. The molecule has 128 valence electrons.